The van der Waals surface area contributed by atoms with Gasteiger partial charge in [-0.05, 0) is 16.8 Å². The molecular formula is C13H10N3. The molecule has 3 heteroatoms. The van der Waals surface area contributed by atoms with Gasteiger partial charge in [0.1, 0.15) is 5.84 Å². The number of fused-ring (bicyclic) bond motifs is 1. The van der Waals surface area contributed by atoms with Crippen molar-refractivity contribution in [2.75, 3.05) is 0 Å². The Hall–Kier alpha value is -2.29. The fraction of sp³-hybridized carbons (Fsp3) is 0. The van der Waals surface area contributed by atoms with Crippen molar-refractivity contribution in [1.29, 1.82) is 0 Å². The summed E-state index contributed by atoms with van der Waals surface area (Å²) in [6.07, 6.45) is 1.78. The van der Waals surface area contributed by atoms with Gasteiger partial charge >= 0.3 is 0 Å². The number of nitrogens with zero attached hydrogens (tertiary/aromatic N) is 2. The van der Waals surface area contributed by atoms with Gasteiger partial charge < -0.3 is 5.73 Å². The zero-order valence-electron chi connectivity index (χ0n) is 8.59. The summed E-state index contributed by atoms with van der Waals surface area (Å²) in [6.45, 7) is 0. The Balaban J connectivity index is 2.09. The van der Waals surface area contributed by atoms with Crippen molar-refractivity contribution >= 4 is 22.3 Å². The average molecular weight is 208 g/mol. The number of benzene rings is 2. The van der Waals surface area contributed by atoms with Crippen LogP contribution in [-0.2, 0) is 0 Å². The minimum atomic E-state index is 0.461. The maximum Gasteiger partial charge on any atom is 0.148 e. The van der Waals surface area contributed by atoms with Crippen LogP contribution in [0.3, 0.4) is 0 Å². The lowest BCUT2D eigenvalue weighted by Gasteiger charge is -2.02. The highest BCUT2D eigenvalue weighted by Gasteiger charge is 2.09. The van der Waals surface area contributed by atoms with Crippen molar-refractivity contribution in [2.24, 2.45) is 10.8 Å². The maximum absolute atomic E-state index is 5.55. The molecule has 0 amide bonds. The predicted octanol–water partition coefficient (Wildman–Crippen LogP) is 2.07. The van der Waals surface area contributed by atoms with Crippen LogP contribution in [0.5, 0.6) is 0 Å². The van der Waals surface area contributed by atoms with Gasteiger partial charge in [-0.3, -0.25) is 0 Å². The summed E-state index contributed by atoms with van der Waals surface area (Å²) < 4.78 is 0. The molecule has 0 saturated carbocycles. The molecule has 1 aliphatic rings. The van der Waals surface area contributed by atoms with Gasteiger partial charge in [0.05, 0.1) is 5.70 Å². The Morgan fingerprint density at radius 2 is 1.75 bits per heavy atom. The molecular weight excluding hydrogens is 198 g/mol. The van der Waals surface area contributed by atoms with E-state index in [4.69, 9.17) is 5.73 Å². The molecule has 3 rings (SSSR count). The van der Waals surface area contributed by atoms with Crippen molar-refractivity contribution in [2.45, 2.75) is 0 Å². The summed E-state index contributed by atoms with van der Waals surface area (Å²) in [4.78, 5) is 0. The molecule has 16 heavy (non-hydrogen) atoms. The van der Waals surface area contributed by atoms with Crippen molar-refractivity contribution in [3.63, 3.8) is 0 Å². The normalized spacial score (nSPS) is 14.5. The second-order valence-corrected chi connectivity index (χ2v) is 3.72. The lowest BCUT2D eigenvalue weighted by atomic mass is 10.1. The van der Waals surface area contributed by atoms with E-state index in [1.165, 1.54) is 10.8 Å². The lowest BCUT2D eigenvalue weighted by Crippen LogP contribution is -2.04. The summed E-state index contributed by atoms with van der Waals surface area (Å²) in [7, 11) is 0. The van der Waals surface area contributed by atoms with Crippen molar-refractivity contribution in [3.8, 4) is 0 Å². The molecule has 1 heterocycles. The van der Waals surface area contributed by atoms with Gasteiger partial charge in [-0.1, -0.05) is 36.4 Å². The summed E-state index contributed by atoms with van der Waals surface area (Å²) >= 11 is 0. The lowest BCUT2D eigenvalue weighted by molar-refractivity contribution is 0.991. The molecule has 0 aromatic heterocycles. The molecule has 1 radical (unpaired) electrons. The van der Waals surface area contributed by atoms with Crippen LogP contribution < -0.4 is 11.2 Å². The molecule has 2 aromatic rings. The van der Waals surface area contributed by atoms with E-state index >= 15 is 0 Å². The van der Waals surface area contributed by atoms with Crippen LogP contribution in [0.4, 0.5) is 0 Å². The second kappa shape index (κ2) is 3.38. The van der Waals surface area contributed by atoms with Gasteiger partial charge in [0.25, 0.3) is 0 Å². The summed E-state index contributed by atoms with van der Waals surface area (Å²) in [5.74, 6) is 0.461. The number of nitrogens with two attached hydrogens (primary N) is 1. The van der Waals surface area contributed by atoms with E-state index in [1.807, 2.05) is 18.2 Å². The largest absolute Gasteiger partial charge is 0.382 e. The standard InChI is InChI=1S/C13H10N3/c14-13-8-12(15-16-13)11-6-5-9-3-1-2-4-10(9)7-11/h1-8H,(H2,14,16). The van der Waals surface area contributed by atoms with Gasteiger partial charge in [-0.2, -0.15) is 0 Å². The topological polar surface area (TPSA) is 52.5 Å². The molecule has 1 aliphatic heterocycles. The quantitative estimate of drug-likeness (QED) is 0.766. The summed E-state index contributed by atoms with van der Waals surface area (Å²) in [5, 5.41) is 6.22. The Morgan fingerprint density at radius 1 is 0.938 bits per heavy atom. The first kappa shape index (κ1) is 8.97. The van der Waals surface area contributed by atoms with Crippen LogP contribution >= 0.6 is 0 Å². The van der Waals surface area contributed by atoms with E-state index in [9.17, 15) is 0 Å². The van der Waals surface area contributed by atoms with Crippen LogP contribution in [0, 0.1) is 0 Å². The van der Waals surface area contributed by atoms with Gasteiger partial charge in [-0.15, -0.1) is 10.5 Å². The number of rotatable bonds is 1. The fourth-order valence-corrected chi connectivity index (χ4v) is 1.80. The molecule has 0 bridgehead atoms. The highest BCUT2D eigenvalue weighted by Crippen LogP contribution is 2.21. The molecule has 0 atom stereocenters. The van der Waals surface area contributed by atoms with Crippen LogP contribution in [0.25, 0.3) is 16.5 Å². The van der Waals surface area contributed by atoms with Crippen LogP contribution in [0.2, 0.25) is 0 Å². The van der Waals surface area contributed by atoms with E-state index < -0.39 is 0 Å². The minimum Gasteiger partial charge on any atom is -0.382 e. The monoisotopic (exact) mass is 208 g/mol. The Bertz CT molecular complexity index is 611. The third kappa shape index (κ3) is 1.42. The van der Waals surface area contributed by atoms with Gasteiger partial charge in [0.15, 0.2) is 0 Å². The van der Waals surface area contributed by atoms with E-state index in [1.54, 1.807) is 6.08 Å². The van der Waals surface area contributed by atoms with Crippen LogP contribution in [0.1, 0.15) is 5.56 Å². The highest BCUT2D eigenvalue weighted by molar-refractivity contribution is 6.01. The number of amidine groups is 1. The first-order valence-electron chi connectivity index (χ1n) is 5.08. The SMILES string of the molecule is NC1=N[N]C(c2ccc3ccccc3c2)=C1. The van der Waals surface area contributed by atoms with E-state index in [2.05, 4.69) is 34.8 Å². The Kier molecular flexibility index (Phi) is 1.90. The Morgan fingerprint density at radius 3 is 2.50 bits per heavy atom. The zero-order chi connectivity index (χ0) is 11.0. The zero-order valence-corrected chi connectivity index (χ0v) is 8.59. The maximum atomic E-state index is 5.55. The Labute approximate surface area is 93.3 Å². The van der Waals surface area contributed by atoms with Gasteiger partial charge in [0, 0.05) is 11.6 Å². The first-order valence-corrected chi connectivity index (χ1v) is 5.08. The smallest absolute Gasteiger partial charge is 0.148 e. The van der Waals surface area contributed by atoms with Crippen LogP contribution in [-0.4, -0.2) is 5.84 Å². The predicted molar refractivity (Wildman–Crippen MR) is 65.7 cm³/mol. The van der Waals surface area contributed by atoms with Crippen molar-refractivity contribution in [3.05, 3.63) is 54.1 Å². The van der Waals surface area contributed by atoms with Crippen molar-refractivity contribution in [1.82, 2.24) is 5.43 Å². The third-order valence-electron chi connectivity index (χ3n) is 2.60. The second-order valence-electron chi connectivity index (χ2n) is 3.72. The minimum absolute atomic E-state index is 0.461. The van der Waals surface area contributed by atoms with Gasteiger partial charge in [0.2, 0.25) is 0 Å². The number of hydrogen-bond acceptors (Lipinski definition) is 2. The summed E-state index contributed by atoms with van der Waals surface area (Å²) in [5.41, 5.74) is 11.4. The molecule has 0 spiro atoms. The van der Waals surface area contributed by atoms with E-state index in [0.29, 0.717) is 5.84 Å². The molecule has 0 fully saturated rings. The highest BCUT2D eigenvalue weighted by atomic mass is 15.3. The molecule has 2 aromatic carbocycles. The van der Waals surface area contributed by atoms with Gasteiger partial charge in [-0.25, -0.2) is 0 Å². The molecule has 77 valence electrons. The molecule has 0 saturated heterocycles. The fourth-order valence-electron chi connectivity index (χ4n) is 1.80. The first-order chi connectivity index (χ1) is 7.83. The molecule has 0 unspecified atom stereocenters. The van der Waals surface area contributed by atoms with E-state index in [-0.39, 0.29) is 0 Å². The van der Waals surface area contributed by atoms with Crippen molar-refractivity contribution < 1.29 is 0 Å². The molecule has 3 nitrogen and oxygen atoms in total. The molecule has 2 N–H and O–H groups in total. The number of hydrogen-bond donors (Lipinski definition) is 1. The van der Waals surface area contributed by atoms with E-state index in [0.717, 1.165) is 11.3 Å². The average Bonchev–Trinajstić information content (AvgIpc) is 2.75. The van der Waals surface area contributed by atoms with Crippen LogP contribution in [0.15, 0.2) is 53.6 Å². The molecule has 0 aliphatic carbocycles. The summed E-state index contributed by atoms with van der Waals surface area (Å²) in [6, 6.07) is 14.4. The third-order valence-corrected chi connectivity index (χ3v) is 2.60.